The number of benzene rings is 6. The summed E-state index contributed by atoms with van der Waals surface area (Å²) in [6, 6.07) is 40.2. The van der Waals surface area contributed by atoms with Gasteiger partial charge in [-0.05, 0) is 144 Å². The Morgan fingerprint density at radius 1 is 0.388 bits per heavy atom. The molecule has 6 rings (SSSR count). The zero-order chi connectivity index (χ0) is 34.8. The third-order valence-electron chi connectivity index (χ3n) is 7.71. The van der Waals surface area contributed by atoms with E-state index in [4.69, 9.17) is 0 Å². The van der Waals surface area contributed by atoms with Crippen molar-refractivity contribution in [1.29, 1.82) is 0 Å². The molecule has 10 heteroatoms. The molecule has 0 bridgehead atoms. The van der Waals surface area contributed by atoms with E-state index in [1.807, 2.05) is 48.5 Å². The quantitative estimate of drug-likeness (QED) is 0.112. The molecule has 0 atom stereocenters. The van der Waals surface area contributed by atoms with E-state index in [9.17, 15) is 26.3 Å². The van der Waals surface area contributed by atoms with Crippen LogP contribution in [0, 0.1) is 7.14 Å². The van der Waals surface area contributed by atoms with Crippen LogP contribution in [0.3, 0.4) is 0 Å². The maximum atomic E-state index is 12.5. The number of alkyl halides is 6. The standard InChI is InChI=1S/C39H24F6I2O2/c40-38(41,42)48-32-15-11-28(12-16-32)26-3-7-30(8-4-26)34-19-1-24(22-36(34)46)21-25-2-20-35(37(47)23-25)31-9-5-27(6-10-31)29-13-17-33(18-14-29)49-39(43,44)45/h1-20,22-23H,21H2. The normalized spacial score (nSPS) is 11.8. The summed E-state index contributed by atoms with van der Waals surface area (Å²) in [5.41, 5.74) is 9.94. The molecule has 0 aliphatic carbocycles. The number of halogens is 8. The van der Waals surface area contributed by atoms with E-state index in [0.29, 0.717) is 0 Å². The maximum absolute atomic E-state index is 12.5. The monoisotopic (exact) mass is 892 g/mol. The molecule has 0 unspecified atom stereocenters. The molecule has 0 aromatic heterocycles. The Morgan fingerprint density at radius 3 is 0.959 bits per heavy atom. The molecule has 2 nitrogen and oxygen atoms in total. The van der Waals surface area contributed by atoms with Gasteiger partial charge in [0.25, 0.3) is 0 Å². The summed E-state index contributed by atoms with van der Waals surface area (Å²) in [6.07, 6.45) is -8.69. The highest BCUT2D eigenvalue weighted by Crippen LogP contribution is 2.33. The highest BCUT2D eigenvalue weighted by molar-refractivity contribution is 14.1. The molecular weight excluding hydrogens is 868 g/mol. The van der Waals surface area contributed by atoms with E-state index in [2.05, 4.69) is 91.1 Å². The Hall–Kier alpha value is -4.04. The highest BCUT2D eigenvalue weighted by atomic mass is 127. The summed E-state index contributed by atoms with van der Waals surface area (Å²) in [7, 11) is 0. The second-order valence-electron chi connectivity index (χ2n) is 11.1. The fraction of sp³-hybridized carbons (Fsp3) is 0.0769. The summed E-state index contributed by atoms with van der Waals surface area (Å²) in [5.74, 6) is -0.511. The van der Waals surface area contributed by atoms with Gasteiger partial charge in [-0.3, -0.25) is 0 Å². The SMILES string of the molecule is FC(F)(F)Oc1ccc(-c2ccc(-c3ccc(Cc4ccc(-c5ccc(-c6ccc(OC(F)(F)F)cc6)cc5)c(I)c4)cc3I)cc2)cc1. The minimum atomic E-state index is -4.72. The van der Waals surface area contributed by atoms with E-state index >= 15 is 0 Å². The molecule has 0 heterocycles. The predicted molar refractivity (Wildman–Crippen MR) is 196 cm³/mol. The van der Waals surface area contributed by atoms with E-state index in [0.717, 1.165) is 58.1 Å². The average molecular weight is 892 g/mol. The summed E-state index contributed by atoms with van der Waals surface area (Å²) in [6.45, 7) is 0. The first-order valence-electron chi connectivity index (χ1n) is 14.8. The molecule has 0 radical (unpaired) electrons. The molecular formula is C39H24F6I2O2. The Kier molecular flexibility index (Phi) is 10.3. The zero-order valence-corrected chi connectivity index (χ0v) is 29.6. The molecule has 0 aliphatic heterocycles. The first kappa shape index (κ1) is 34.8. The Balaban J connectivity index is 1.10. The summed E-state index contributed by atoms with van der Waals surface area (Å²) in [4.78, 5) is 0. The number of hydrogen-bond donors (Lipinski definition) is 0. The van der Waals surface area contributed by atoms with Crippen molar-refractivity contribution < 1.29 is 35.8 Å². The molecule has 248 valence electrons. The third kappa shape index (κ3) is 9.15. The lowest BCUT2D eigenvalue weighted by atomic mass is 9.96. The van der Waals surface area contributed by atoms with Crippen molar-refractivity contribution in [2.24, 2.45) is 0 Å². The van der Waals surface area contributed by atoms with Crippen LogP contribution in [0.5, 0.6) is 11.5 Å². The van der Waals surface area contributed by atoms with Gasteiger partial charge in [0.05, 0.1) is 0 Å². The van der Waals surface area contributed by atoms with E-state index in [-0.39, 0.29) is 11.5 Å². The highest BCUT2D eigenvalue weighted by Gasteiger charge is 2.31. The Bertz CT molecular complexity index is 1910. The maximum Gasteiger partial charge on any atom is 0.573 e. The van der Waals surface area contributed by atoms with Crippen LogP contribution in [0.25, 0.3) is 44.5 Å². The van der Waals surface area contributed by atoms with Gasteiger partial charge < -0.3 is 9.47 Å². The smallest absolute Gasteiger partial charge is 0.406 e. The van der Waals surface area contributed by atoms with E-state index < -0.39 is 12.7 Å². The van der Waals surface area contributed by atoms with Crippen LogP contribution in [0.2, 0.25) is 0 Å². The van der Waals surface area contributed by atoms with Gasteiger partial charge in [-0.25, -0.2) is 0 Å². The minimum absolute atomic E-state index is 0.255. The summed E-state index contributed by atoms with van der Waals surface area (Å²) in [5, 5.41) is 0. The first-order valence-corrected chi connectivity index (χ1v) is 17.0. The summed E-state index contributed by atoms with van der Waals surface area (Å²) < 4.78 is 84.9. The summed E-state index contributed by atoms with van der Waals surface area (Å²) >= 11 is 4.68. The van der Waals surface area contributed by atoms with Gasteiger partial charge in [0.1, 0.15) is 11.5 Å². The van der Waals surface area contributed by atoms with Gasteiger partial charge in [-0.1, -0.05) is 97.1 Å². The van der Waals surface area contributed by atoms with Crippen molar-refractivity contribution in [1.82, 2.24) is 0 Å². The molecule has 0 saturated heterocycles. The molecule has 6 aromatic rings. The lowest BCUT2D eigenvalue weighted by molar-refractivity contribution is -0.275. The van der Waals surface area contributed by atoms with Crippen LogP contribution < -0.4 is 9.47 Å². The van der Waals surface area contributed by atoms with Crippen LogP contribution in [-0.4, -0.2) is 12.7 Å². The Labute approximate surface area is 306 Å². The largest absolute Gasteiger partial charge is 0.573 e. The molecule has 49 heavy (non-hydrogen) atoms. The molecule has 0 aliphatic rings. The third-order valence-corrected chi connectivity index (χ3v) is 9.49. The van der Waals surface area contributed by atoms with Crippen molar-refractivity contribution in [2.45, 2.75) is 19.1 Å². The van der Waals surface area contributed by atoms with Crippen molar-refractivity contribution in [3.05, 3.63) is 152 Å². The second-order valence-corrected chi connectivity index (χ2v) is 13.4. The van der Waals surface area contributed by atoms with Gasteiger partial charge >= 0.3 is 12.7 Å². The van der Waals surface area contributed by atoms with Crippen LogP contribution in [0.4, 0.5) is 26.3 Å². The van der Waals surface area contributed by atoms with Crippen molar-refractivity contribution in [2.75, 3.05) is 0 Å². The molecule has 6 aromatic carbocycles. The molecule has 0 amide bonds. The minimum Gasteiger partial charge on any atom is -0.406 e. The van der Waals surface area contributed by atoms with Gasteiger partial charge in [0, 0.05) is 7.14 Å². The van der Waals surface area contributed by atoms with Crippen LogP contribution in [0.1, 0.15) is 11.1 Å². The Morgan fingerprint density at radius 2 is 0.673 bits per heavy atom. The average Bonchev–Trinajstić information content (AvgIpc) is 3.05. The van der Waals surface area contributed by atoms with Gasteiger partial charge in [0.15, 0.2) is 0 Å². The number of rotatable bonds is 8. The van der Waals surface area contributed by atoms with Gasteiger partial charge in [-0.15, -0.1) is 26.3 Å². The van der Waals surface area contributed by atoms with Gasteiger partial charge in [0.2, 0.25) is 0 Å². The molecule has 0 spiro atoms. The van der Waals surface area contributed by atoms with Crippen molar-refractivity contribution >= 4 is 45.2 Å². The van der Waals surface area contributed by atoms with E-state index in [1.165, 1.54) is 35.4 Å². The zero-order valence-electron chi connectivity index (χ0n) is 25.2. The molecule has 0 fully saturated rings. The molecule has 0 saturated carbocycles. The van der Waals surface area contributed by atoms with E-state index in [1.54, 1.807) is 24.3 Å². The fourth-order valence-electron chi connectivity index (χ4n) is 5.42. The molecule has 0 N–H and O–H groups in total. The number of ether oxygens (including phenoxy) is 2. The van der Waals surface area contributed by atoms with Crippen molar-refractivity contribution in [3.8, 4) is 56.0 Å². The first-order chi connectivity index (χ1) is 23.3. The number of hydrogen-bond acceptors (Lipinski definition) is 2. The van der Waals surface area contributed by atoms with Crippen LogP contribution >= 0.6 is 45.2 Å². The lowest BCUT2D eigenvalue weighted by Gasteiger charge is -2.12. The van der Waals surface area contributed by atoms with Crippen molar-refractivity contribution in [3.63, 3.8) is 0 Å². The predicted octanol–water partition coefficient (Wildman–Crippen LogP) is 13.0. The van der Waals surface area contributed by atoms with Crippen LogP contribution in [-0.2, 0) is 6.42 Å². The topological polar surface area (TPSA) is 18.5 Å². The fourth-order valence-corrected chi connectivity index (χ4v) is 7.21. The van der Waals surface area contributed by atoms with Gasteiger partial charge in [-0.2, -0.15) is 0 Å². The van der Waals surface area contributed by atoms with Crippen LogP contribution in [0.15, 0.2) is 133 Å². The lowest BCUT2D eigenvalue weighted by Crippen LogP contribution is -2.16. The second kappa shape index (κ2) is 14.4.